The Morgan fingerprint density at radius 2 is 1.80 bits per heavy atom. The van der Waals surface area contributed by atoms with Gasteiger partial charge in [0.2, 0.25) is 0 Å². The van der Waals surface area contributed by atoms with Crippen LogP contribution in [0, 0.1) is 6.92 Å². The molecule has 0 N–H and O–H groups in total. The lowest BCUT2D eigenvalue weighted by Crippen LogP contribution is -2.37. The fraction of sp³-hybridized carbons (Fsp3) is 0.600. The molecule has 0 atom stereocenters. The average Bonchev–Trinajstić information content (AvgIpc) is 2.42. The quantitative estimate of drug-likeness (QED) is 0.801. The lowest BCUT2D eigenvalue weighted by molar-refractivity contribution is 0.0381. The standard InChI is InChI=1S/C15H23NO3S/c1-14-3-5-15(6-4-14)13-20(17,18)12-2-7-16-8-10-19-11-9-16/h3-6H,2,7-13H2,1H3. The van der Waals surface area contributed by atoms with Crippen LogP contribution in [-0.4, -0.2) is 51.9 Å². The number of benzene rings is 1. The number of aryl methyl sites for hydroxylation is 1. The van der Waals surface area contributed by atoms with E-state index in [1.807, 2.05) is 31.2 Å². The molecule has 1 aromatic carbocycles. The largest absolute Gasteiger partial charge is 0.379 e. The second kappa shape index (κ2) is 7.20. The Morgan fingerprint density at radius 1 is 1.15 bits per heavy atom. The highest BCUT2D eigenvalue weighted by atomic mass is 32.2. The molecule has 1 aromatic rings. The van der Waals surface area contributed by atoms with Gasteiger partial charge in [0.15, 0.2) is 9.84 Å². The first-order chi connectivity index (χ1) is 9.55. The maximum Gasteiger partial charge on any atom is 0.154 e. The molecule has 20 heavy (non-hydrogen) atoms. The topological polar surface area (TPSA) is 46.6 Å². The molecule has 1 aliphatic rings. The van der Waals surface area contributed by atoms with Gasteiger partial charge in [-0.1, -0.05) is 29.8 Å². The van der Waals surface area contributed by atoms with Crippen LogP contribution in [0.3, 0.4) is 0 Å². The maximum absolute atomic E-state index is 12.1. The molecule has 0 spiro atoms. The summed E-state index contributed by atoms with van der Waals surface area (Å²) in [7, 11) is -3.01. The van der Waals surface area contributed by atoms with Crippen molar-refractivity contribution in [1.29, 1.82) is 0 Å². The van der Waals surface area contributed by atoms with Gasteiger partial charge in [-0.15, -0.1) is 0 Å². The van der Waals surface area contributed by atoms with Crippen LogP contribution in [0.4, 0.5) is 0 Å². The highest BCUT2D eigenvalue weighted by molar-refractivity contribution is 7.90. The van der Waals surface area contributed by atoms with E-state index < -0.39 is 9.84 Å². The fourth-order valence-corrected chi connectivity index (χ4v) is 3.76. The number of nitrogens with zero attached hydrogens (tertiary/aromatic N) is 1. The van der Waals surface area contributed by atoms with Crippen molar-refractivity contribution >= 4 is 9.84 Å². The minimum absolute atomic E-state index is 0.149. The molecule has 0 unspecified atom stereocenters. The summed E-state index contributed by atoms with van der Waals surface area (Å²) in [6, 6.07) is 7.71. The second-order valence-corrected chi connectivity index (χ2v) is 7.57. The number of hydrogen-bond donors (Lipinski definition) is 0. The van der Waals surface area contributed by atoms with Crippen LogP contribution >= 0.6 is 0 Å². The molecule has 1 aliphatic heterocycles. The lowest BCUT2D eigenvalue weighted by Gasteiger charge is -2.26. The van der Waals surface area contributed by atoms with Crippen LogP contribution in [0.2, 0.25) is 0 Å². The van der Waals surface area contributed by atoms with Gasteiger partial charge in [0.25, 0.3) is 0 Å². The maximum atomic E-state index is 12.1. The van der Waals surface area contributed by atoms with Crippen molar-refractivity contribution in [3.63, 3.8) is 0 Å². The summed E-state index contributed by atoms with van der Waals surface area (Å²) in [5.41, 5.74) is 2.03. The molecular weight excluding hydrogens is 274 g/mol. The number of sulfone groups is 1. The Hall–Kier alpha value is -0.910. The highest BCUT2D eigenvalue weighted by Crippen LogP contribution is 2.10. The molecule has 0 saturated carbocycles. The minimum atomic E-state index is -3.01. The lowest BCUT2D eigenvalue weighted by atomic mass is 10.2. The van der Waals surface area contributed by atoms with Gasteiger partial charge in [-0.2, -0.15) is 0 Å². The monoisotopic (exact) mass is 297 g/mol. The van der Waals surface area contributed by atoms with Gasteiger partial charge in [0.05, 0.1) is 24.7 Å². The van der Waals surface area contributed by atoms with Crippen LogP contribution in [-0.2, 0) is 20.3 Å². The third kappa shape index (κ3) is 5.23. The predicted octanol–water partition coefficient (Wildman–Crippen LogP) is 1.63. The summed E-state index contributed by atoms with van der Waals surface area (Å²) in [5.74, 6) is 0.411. The zero-order chi connectivity index (χ0) is 14.4. The normalized spacial score (nSPS) is 17.2. The van der Waals surface area contributed by atoms with Crippen molar-refractivity contribution in [3.8, 4) is 0 Å². The second-order valence-electron chi connectivity index (χ2n) is 5.39. The number of ether oxygens (including phenoxy) is 1. The van der Waals surface area contributed by atoms with Gasteiger partial charge in [0, 0.05) is 13.1 Å². The SMILES string of the molecule is Cc1ccc(CS(=O)(=O)CCCN2CCOCC2)cc1. The Balaban J connectivity index is 1.77. The molecule has 0 aromatic heterocycles. The Bertz CT molecular complexity index is 504. The molecule has 1 heterocycles. The molecule has 1 saturated heterocycles. The van der Waals surface area contributed by atoms with Gasteiger partial charge < -0.3 is 4.74 Å². The summed E-state index contributed by atoms with van der Waals surface area (Å²) >= 11 is 0. The summed E-state index contributed by atoms with van der Waals surface area (Å²) in [6.45, 7) is 6.19. The Labute approximate surface area is 121 Å². The van der Waals surface area contributed by atoms with E-state index in [-0.39, 0.29) is 11.5 Å². The molecule has 0 aliphatic carbocycles. The number of morpholine rings is 1. The van der Waals surface area contributed by atoms with Crippen molar-refractivity contribution in [2.75, 3.05) is 38.6 Å². The third-order valence-corrected chi connectivity index (χ3v) is 5.22. The van der Waals surface area contributed by atoms with E-state index in [9.17, 15) is 8.42 Å². The molecule has 1 fully saturated rings. The van der Waals surface area contributed by atoms with Gasteiger partial charge in [-0.05, 0) is 25.5 Å². The fourth-order valence-electron chi connectivity index (χ4n) is 2.34. The molecule has 0 bridgehead atoms. The summed E-state index contributed by atoms with van der Waals surface area (Å²) in [5, 5.41) is 0. The van der Waals surface area contributed by atoms with Crippen LogP contribution in [0.25, 0.3) is 0 Å². The van der Waals surface area contributed by atoms with Crippen molar-refractivity contribution in [2.45, 2.75) is 19.1 Å². The number of rotatable bonds is 6. The van der Waals surface area contributed by atoms with Crippen LogP contribution in [0.1, 0.15) is 17.5 Å². The van der Waals surface area contributed by atoms with E-state index >= 15 is 0 Å². The van der Waals surface area contributed by atoms with E-state index in [0.29, 0.717) is 6.42 Å². The first kappa shape index (κ1) is 15.5. The van der Waals surface area contributed by atoms with Crippen LogP contribution in [0.15, 0.2) is 24.3 Å². The Kier molecular flexibility index (Phi) is 5.57. The Morgan fingerprint density at radius 3 is 2.45 bits per heavy atom. The van der Waals surface area contributed by atoms with E-state index in [0.717, 1.165) is 44.0 Å². The first-order valence-electron chi connectivity index (χ1n) is 7.11. The smallest absolute Gasteiger partial charge is 0.154 e. The molecule has 112 valence electrons. The van der Waals surface area contributed by atoms with Crippen LogP contribution in [0.5, 0.6) is 0 Å². The van der Waals surface area contributed by atoms with Gasteiger partial charge in [-0.25, -0.2) is 8.42 Å². The minimum Gasteiger partial charge on any atom is -0.379 e. The molecule has 0 radical (unpaired) electrons. The highest BCUT2D eigenvalue weighted by Gasteiger charge is 2.14. The molecule has 2 rings (SSSR count). The summed E-state index contributed by atoms with van der Waals surface area (Å²) in [4.78, 5) is 2.27. The number of hydrogen-bond acceptors (Lipinski definition) is 4. The van der Waals surface area contributed by atoms with Gasteiger partial charge in [-0.3, -0.25) is 4.90 Å². The summed E-state index contributed by atoms with van der Waals surface area (Å²) < 4.78 is 29.4. The zero-order valence-corrected chi connectivity index (χ0v) is 12.9. The first-order valence-corrected chi connectivity index (χ1v) is 8.93. The van der Waals surface area contributed by atoms with Crippen molar-refractivity contribution in [1.82, 2.24) is 4.90 Å². The zero-order valence-electron chi connectivity index (χ0n) is 12.0. The van der Waals surface area contributed by atoms with Crippen molar-refractivity contribution in [3.05, 3.63) is 35.4 Å². The molecular formula is C15H23NO3S. The molecule has 5 heteroatoms. The van der Waals surface area contributed by atoms with E-state index in [1.54, 1.807) is 0 Å². The summed E-state index contributed by atoms with van der Waals surface area (Å²) in [6.07, 6.45) is 0.703. The van der Waals surface area contributed by atoms with Crippen molar-refractivity contribution < 1.29 is 13.2 Å². The van der Waals surface area contributed by atoms with E-state index in [4.69, 9.17) is 4.74 Å². The van der Waals surface area contributed by atoms with Crippen LogP contribution < -0.4 is 0 Å². The van der Waals surface area contributed by atoms with Gasteiger partial charge >= 0.3 is 0 Å². The van der Waals surface area contributed by atoms with E-state index in [2.05, 4.69) is 4.90 Å². The van der Waals surface area contributed by atoms with Crippen molar-refractivity contribution in [2.24, 2.45) is 0 Å². The third-order valence-electron chi connectivity index (χ3n) is 3.54. The van der Waals surface area contributed by atoms with E-state index in [1.165, 1.54) is 0 Å². The average molecular weight is 297 g/mol. The predicted molar refractivity (Wildman–Crippen MR) is 80.5 cm³/mol. The molecule has 4 nitrogen and oxygen atoms in total. The van der Waals surface area contributed by atoms with Gasteiger partial charge in [0.1, 0.15) is 0 Å². The molecule has 0 amide bonds.